The number of unbranched alkanes of at least 4 members (excludes halogenated alkanes) is 1. The van der Waals surface area contributed by atoms with Gasteiger partial charge >= 0.3 is 0 Å². The second kappa shape index (κ2) is 8.59. The predicted molar refractivity (Wildman–Crippen MR) is 76.0 cm³/mol. The Bertz CT molecular complexity index is 364. The van der Waals surface area contributed by atoms with E-state index in [4.69, 9.17) is 15.2 Å². The van der Waals surface area contributed by atoms with Crippen molar-refractivity contribution < 1.29 is 9.47 Å². The first-order valence-electron chi connectivity index (χ1n) is 6.47. The lowest BCUT2D eigenvalue weighted by molar-refractivity contribution is 0.0978. The van der Waals surface area contributed by atoms with Gasteiger partial charge in [0.15, 0.2) is 0 Å². The van der Waals surface area contributed by atoms with Gasteiger partial charge in [0.1, 0.15) is 12.4 Å². The van der Waals surface area contributed by atoms with E-state index in [0.717, 1.165) is 42.9 Å². The van der Waals surface area contributed by atoms with Gasteiger partial charge in [0.25, 0.3) is 0 Å². The molecule has 0 unspecified atom stereocenters. The van der Waals surface area contributed by atoms with Gasteiger partial charge in [-0.05, 0) is 36.6 Å². The second-order valence-corrected chi connectivity index (χ2v) is 4.17. The molecule has 0 saturated heterocycles. The lowest BCUT2D eigenvalue weighted by Crippen LogP contribution is -2.08. The Balaban J connectivity index is 2.38. The molecule has 0 atom stereocenters. The van der Waals surface area contributed by atoms with Crippen molar-refractivity contribution >= 4 is 5.69 Å². The first-order valence-corrected chi connectivity index (χ1v) is 6.47. The van der Waals surface area contributed by atoms with Gasteiger partial charge in [0, 0.05) is 12.3 Å². The summed E-state index contributed by atoms with van der Waals surface area (Å²) in [7, 11) is 0. The molecule has 3 nitrogen and oxygen atoms in total. The normalized spacial score (nSPS) is 10.3. The number of anilines is 1. The molecule has 3 heteroatoms. The number of benzene rings is 1. The quantitative estimate of drug-likeness (QED) is 0.415. The molecule has 1 aromatic rings. The van der Waals surface area contributed by atoms with Crippen molar-refractivity contribution in [1.82, 2.24) is 0 Å². The van der Waals surface area contributed by atoms with Gasteiger partial charge in [0.05, 0.1) is 6.61 Å². The smallest absolute Gasteiger partial charge is 0.123 e. The fourth-order valence-electron chi connectivity index (χ4n) is 1.61. The third kappa shape index (κ3) is 5.23. The van der Waals surface area contributed by atoms with Crippen LogP contribution in [0.1, 0.15) is 25.3 Å². The summed E-state index contributed by atoms with van der Waals surface area (Å²) in [5, 5.41) is 0. The van der Waals surface area contributed by atoms with Gasteiger partial charge in [-0.3, -0.25) is 0 Å². The molecule has 0 aromatic heterocycles. The van der Waals surface area contributed by atoms with E-state index >= 15 is 0 Å². The number of rotatable bonds is 9. The Morgan fingerprint density at radius 1 is 1.28 bits per heavy atom. The largest absolute Gasteiger partial charge is 0.491 e. The summed E-state index contributed by atoms with van der Waals surface area (Å²) in [5.74, 6) is 0.864. The van der Waals surface area contributed by atoms with Crippen molar-refractivity contribution in [2.45, 2.75) is 26.2 Å². The summed E-state index contributed by atoms with van der Waals surface area (Å²) in [6, 6.07) is 5.68. The highest BCUT2D eigenvalue weighted by atomic mass is 16.5. The van der Waals surface area contributed by atoms with E-state index in [0.29, 0.717) is 13.2 Å². The molecular weight excluding hydrogens is 226 g/mol. The van der Waals surface area contributed by atoms with E-state index in [-0.39, 0.29) is 0 Å². The third-order valence-corrected chi connectivity index (χ3v) is 2.58. The standard InChI is InChI=1S/C15H23NO2/c1-3-5-9-17-10-11-18-15-8-7-14(16)12-13(15)6-4-2/h4,7-8,12H,2-3,5-6,9-11,16H2,1H3. The van der Waals surface area contributed by atoms with Gasteiger partial charge in [0.2, 0.25) is 0 Å². The summed E-state index contributed by atoms with van der Waals surface area (Å²) in [6.07, 6.45) is 4.86. The van der Waals surface area contributed by atoms with Crippen LogP contribution in [0.2, 0.25) is 0 Å². The van der Waals surface area contributed by atoms with Gasteiger partial charge in [-0.15, -0.1) is 6.58 Å². The van der Waals surface area contributed by atoms with Gasteiger partial charge in [-0.1, -0.05) is 19.4 Å². The molecule has 0 fully saturated rings. The average Bonchev–Trinajstić information content (AvgIpc) is 2.36. The minimum Gasteiger partial charge on any atom is -0.491 e. The summed E-state index contributed by atoms with van der Waals surface area (Å²) >= 11 is 0. The summed E-state index contributed by atoms with van der Waals surface area (Å²) in [5.41, 5.74) is 7.57. The summed E-state index contributed by atoms with van der Waals surface area (Å²) in [6.45, 7) is 7.88. The fraction of sp³-hybridized carbons (Fsp3) is 0.467. The number of allylic oxidation sites excluding steroid dienone is 1. The molecule has 0 bridgehead atoms. The maximum Gasteiger partial charge on any atom is 0.123 e. The topological polar surface area (TPSA) is 44.5 Å². The SMILES string of the molecule is C=CCc1cc(N)ccc1OCCOCCCC. The molecule has 0 spiro atoms. The fourth-order valence-corrected chi connectivity index (χ4v) is 1.61. The molecule has 0 aliphatic carbocycles. The lowest BCUT2D eigenvalue weighted by atomic mass is 10.1. The van der Waals surface area contributed by atoms with E-state index < -0.39 is 0 Å². The van der Waals surface area contributed by atoms with Crippen LogP contribution in [0.3, 0.4) is 0 Å². The van der Waals surface area contributed by atoms with Crippen molar-refractivity contribution in [1.29, 1.82) is 0 Å². The summed E-state index contributed by atoms with van der Waals surface area (Å²) < 4.78 is 11.1. The molecule has 0 amide bonds. The van der Waals surface area contributed by atoms with E-state index in [1.165, 1.54) is 0 Å². The van der Waals surface area contributed by atoms with Crippen LogP contribution in [0.4, 0.5) is 5.69 Å². The van der Waals surface area contributed by atoms with Crippen LogP contribution in [-0.2, 0) is 11.2 Å². The Kier molecular flexibility index (Phi) is 6.96. The van der Waals surface area contributed by atoms with Gasteiger partial charge in [-0.25, -0.2) is 0 Å². The molecule has 0 radical (unpaired) electrons. The Morgan fingerprint density at radius 3 is 2.83 bits per heavy atom. The molecule has 0 aliphatic rings. The summed E-state index contributed by atoms with van der Waals surface area (Å²) in [4.78, 5) is 0. The number of ether oxygens (including phenoxy) is 2. The zero-order chi connectivity index (χ0) is 13.2. The van der Waals surface area contributed by atoms with Crippen LogP contribution in [0.25, 0.3) is 0 Å². The van der Waals surface area contributed by atoms with Crippen molar-refractivity contribution in [2.75, 3.05) is 25.6 Å². The third-order valence-electron chi connectivity index (χ3n) is 2.58. The van der Waals surface area contributed by atoms with E-state index in [1.54, 1.807) is 0 Å². The molecular formula is C15H23NO2. The van der Waals surface area contributed by atoms with E-state index in [1.807, 2.05) is 24.3 Å². The Morgan fingerprint density at radius 2 is 2.11 bits per heavy atom. The van der Waals surface area contributed by atoms with Crippen LogP contribution >= 0.6 is 0 Å². The first-order chi connectivity index (χ1) is 8.77. The van der Waals surface area contributed by atoms with Crippen LogP contribution < -0.4 is 10.5 Å². The monoisotopic (exact) mass is 249 g/mol. The van der Waals surface area contributed by atoms with Crippen LogP contribution in [-0.4, -0.2) is 19.8 Å². The van der Waals surface area contributed by atoms with Crippen molar-refractivity contribution in [3.05, 3.63) is 36.4 Å². The average molecular weight is 249 g/mol. The molecule has 0 aliphatic heterocycles. The van der Waals surface area contributed by atoms with Gasteiger partial charge in [-0.2, -0.15) is 0 Å². The van der Waals surface area contributed by atoms with Gasteiger partial charge < -0.3 is 15.2 Å². The maximum atomic E-state index is 5.75. The highest BCUT2D eigenvalue weighted by molar-refractivity contribution is 5.48. The lowest BCUT2D eigenvalue weighted by Gasteiger charge is -2.11. The number of hydrogen-bond acceptors (Lipinski definition) is 3. The number of nitrogens with two attached hydrogens (primary N) is 1. The molecule has 1 rings (SSSR count). The second-order valence-electron chi connectivity index (χ2n) is 4.17. The van der Waals surface area contributed by atoms with E-state index in [2.05, 4.69) is 13.5 Å². The zero-order valence-electron chi connectivity index (χ0n) is 11.2. The van der Waals surface area contributed by atoms with Crippen molar-refractivity contribution in [3.8, 4) is 5.75 Å². The maximum absolute atomic E-state index is 5.75. The van der Waals surface area contributed by atoms with Crippen LogP contribution in [0.5, 0.6) is 5.75 Å². The highest BCUT2D eigenvalue weighted by Gasteiger charge is 2.02. The predicted octanol–water partition coefficient (Wildman–Crippen LogP) is 3.19. The van der Waals surface area contributed by atoms with Crippen molar-refractivity contribution in [2.24, 2.45) is 0 Å². The molecule has 2 N–H and O–H groups in total. The molecule has 18 heavy (non-hydrogen) atoms. The molecule has 0 heterocycles. The first kappa shape index (κ1) is 14.6. The highest BCUT2D eigenvalue weighted by Crippen LogP contribution is 2.22. The molecule has 100 valence electrons. The minimum atomic E-state index is 0.567. The van der Waals surface area contributed by atoms with Crippen LogP contribution in [0, 0.1) is 0 Å². The van der Waals surface area contributed by atoms with Crippen molar-refractivity contribution in [3.63, 3.8) is 0 Å². The van der Waals surface area contributed by atoms with E-state index in [9.17, 15) is 0 Å². The Hall–Kier alpha value is -1.48. The molecule has 1 aromatic carbocycles. The zero-order valence-corrected chi connectivity index (χ0v) is 11.2. The Labute approximate surface area is 110 Å². The minimum absolute atomic E-state index is 0.567. The van der Waals surface area contributed by atoms with Crippen LogP contribution in [0.15, 0.2) is 30.9 Å². The number of nitrogen functional groups attached to an aromatic ring is 1. The number of hydrogen-bond donors (Lipinski definition) is 1. The molecule has 0 saturated carbocycles.